The third kappa shape index (κ3) is 3.75. The second-order valence-electron chi connectivity index (χ2n) is 6.12. The Balaban J connectivity index is 2.34. The van der Waals surface area contributed by atoms with Gasteiger partial charge >= 0.3 is 0 Å². The van der Waals surface area contributed by atoms with Crippen molar-refractivity contribution in [3.63, 3.8) is 0 Å². The summed E-state index contributed by atoms with van der Waals surface area (Å²) in [6.07, 6.45) is 0.882. The van der Waals surface area contributed by atoms with Gasteiger partial charge in [0.2, 0.25) is 10.0 Å². The second-order valence-corrected chi connectivity index (χ2v) is 7.80. The van der Waals surface area contributed by atoms with Gasteiger partial charge in [-0.3, -0.25) is 0 Å². The minimum absolute atomic E-state index is 0.128. The summed E-state index contributed by atoms with van der Waals surface area (Å²) < 4.78 is 27.6. The molecule has 0 spiro atoms. The van der Waals surface area contributed by atoms with Crippen molar-refractivity contribution < 1.29 is 8.42 Å². The van der Waals surface area contributed by atoms with Crippen LogP contribution in [0.3, 0.4) is 0 Å². The average molecular weight is 311 g/mol. The summed E-state index contributed by atoms with van der Waals surface area (Å²) in [5.74, 6) is 0.354. The maximum atomic E-state index is 12.5. The molecule has 6 heteroatoms. The maximum Gasteiger partial charge on any atom is 0.242 e. The molecule has 1 aliphatic heterocycles. The van der Waals surface area contributed by atoms with E-state index in [9.17, 15) is 8.42 Å². The van der Waals surface area contributed by atoms with Gasteiger partial charge in [0.1, 0.15) is 4.90 Å². The Morgan fingerprint density at radius 2 is 2.00 bits per heavy atom. The van der Waals surface area contributed by atoms with Crippen LogP contribution in [0, 0.1) is 5.92 Å². The highest BCUT2D eigenvalue weighted by Crippen LogP contribution is 2.29. The van der Waals surface area contributed by atoms with E-state index in [1.54, 1.807) is 12.1 Å². The molecular weight excluding hydrogens is 286 g/mol. The van der Waals surface area contributed by atoms with E-state index in [1.807, 2.05) is 26.0 Å². The molecule has 1 saturated heterocycles. The quantitative estimate of drug-likeness (QED) is 0.884. The number of hydrogen-bond donors (Lipinski definition) is 2. The van der Waals surface area contributed by atoms with Gasteiger partial charge in [-0.05, 0) is 38.3 Å². The number of nitrogens with zero attached hydrogens (tertiary/aromatic N) is 1. The van der Waals surface area contributed by atoms with Gasteiger partial charge in [-0.25, -0.2) is 13.1 Å². The van der Waals surface area contributed by atoms with Crippen LogP contribution in [0.5, 0.6) is 0 Å². The summed E-state index contributed by atoms with van der Waals surface area (Å²) in [6, 6.07) is 7.24. The maximum absolute atomic E-state index is 12.5. The molecule has 0 bridgehead atoms. The lowest BCUT2D eigenvalue weighted by molar-refractivity contribution is 0.382. The van der Waals surface area contributed by atoms with E-state index in [4.69, 9.17) is 5.73 Å². The van der Waals surface area contributed by atoms with Crippen molar-refractivity contribution in [2.24, 2.45) is 11.7 Å². The smallest absolute Gasteiger partial charge is 0.242 e. The number of rotatable bonds is 4. The van der Waals surface area contributed by atoms with Crippen molar-refractivity contribution in [3.05, 3.63) is 24.3 Å². The molecule has 2 atom stereocenters. The minimum Gasteiger partial charge on any atom is -0.370 e. The third-order valence-corrected chi connectivity index (χ3v) is 5.56. The zero-order valence-electron chi connectivity index (χ0n) is 12.9. The van der Waals surface area contributed by atoms with Crippen LogP contribution < -0.4 is 15.4 Å². The summed E-state index contributed by atoms with van der Waals surface area (Å²) in [5.41, 5.74) is 6.82. The zero-order valence-corrected chi connectivity index (χ0v) is 13.7. The topological polar surface area (TPSA) is 75.4 Å². The highest BCUT2D eigenvalue weighted by Gasteiger charge is 2.27. The largest absolute Gasteiger partial charge is 0.370 e. The van der Waals surface area contributed by atoms with Crippen molar-refractivity contribution in [3.8, 4) is 0 Å². The normalized spacial score (nSPS) is 23.6. The number of hydrogen-bond acceptors (Lipinski definition) is 4. The van der Waals surface area contributed by atoms with Gasteiger partial charge in [-0.2, -0.15) is 0 Å². The van der Waals surface area contributed by atoms with Crippen LogP contribution in [-0.2, 0) is 10.0 Å². The Morgan fingerprint density at radius 3 is 2.62 bits per heavy atom. The first kappa shape index (κ1) is 16.3. The molecule has 2 rings (SSSR count). The number of anilines is 1. The fourth-order valence-electron chi connectivity index (χ4n) is 2.70. The van der Waals surface area contributed by atoms with Crippen LogP contribution in [0.2, 0.25) is 0 Å². The van der Waals surface area contributed by atoms with Gasteiger partial charge in [0, 0.05) is 25.2 Å². The van der Waals surface area contributed by atoms with Crippen molar-refractivity contribution >= 4 is 15.7 Å². The molecule has 118 valence electrons. The van der Waals surface area contributed by atoms with Crippen LogP contribution in [0.25, 0.3) is 0 Å². The Morgan fingerprint density at radius 1 is 1.33 bits per heavy atom. The van der Waals surface area contributed by atoms with Gasteiger partial charge < -0.3 is 10.6 Å². The lowest BCUT2D eigenvalue weighted by Crippen LogP contribution is -2.46. The van der Waals surface area contributed by atoms with Gasteiger partial charge in [0.15, 0.2) is 0 Å². The molecule has 1 fully saturated rings. The molecule has 1 heterocycles. The predicted molar refractivity (Wildman–Crippen MR) is 85.9 cm³/mol. The molecule has 1 aromatic carbocycles. The Labute approximate surface area is 127 Å². The van der Waals surface area contributed by atoms with E-state index in [1.165, 1.54) is 0 Å². The third-order valence-electron chi connectivity index (χ3n) is 3.86. The molecular formula is C15H25N3O2S. The first-order valence-corrected chi connectivity index (χ1v) is 8.91. The van der Waals surface area contributed by atoms with E-state index >= 15 is 0 Å². The van der Waals surface area contributed by atoms with E-state index in [0.29, 0.717) is 10.8 Å². The predicted octanol–water partition coefficient (Wildman–Crippen LogP) is 1.55. The first-order chi connectivity index (χ1) is 9.81. The summed E-state index contributed by atoms with van der Waals surface area (Å²) >= 11 is 0. The van der Waals surface area contributed by atoms with Gasteiger partial charge in [-0.15, -0.1) is 0 Å². The van der Waals surface area contributed by atoms with E-state index < -0.39 is 10.0 Å². The molecule has 0 amide bonds. The summed E-state index contributed by atoms with van der Waals surface area (Å²) in [7, 11) is -3.49. The molecule has 0 saturated carbocycles. The number of benzene rings is 1. The van der Waals surface area contributed by atoms with Crippen molar-refractivity contribution in [2.45, 2.75) is 44.2 Å². The van der Waals surface area contributed by atoms with Gasteiger partial charge in [0.05, 0.1) is 5.69 Å². The van der Waals surface area contributed by atoms with Crippen molar-refractivity contribution in [1.82, 2.24) is 4.72 Å². The Kier molecular flexibility index (Phi) is 4.91. The average Bonchev–Trinajstić information content (AvgIpc) is 2.40. The number of piperidine rings is 1. The van der Waals surface area contributed by atoms with E-state index in [0.717, 1.165) is 25.2 Å². The fraction of sp³-hybridized carbons (Fsp3) is 0.600. The SMILES string of the molecule is CC(C)NS(=O)(=O)c1ccccc1N1CCC(N)C(C)C1. The van der Waals surface area contributed by atoms with E-state index in [2.05, 4.69) is 16.5 Å². The molecule has 5 nitrogen and oxygen atoms in total. The number of nitrogens with one attached hydrogen (secondary N) is 1. The first-order valence-electron chi connectivity index (χ1n) is 7.43. The molecule has 0 radical (unpaired) electrons. The fourth-order valence-corrected chi connectivity index (χ4v) is 4.18. The summed E-state index contributed by atoms with van der Waals surface area (Å²) in [5, 5.41) is 0. The molecule has 1 aliphatic rings. The number of para-hydroxylation sites is 1. The Bertz CT molecular complexity index is 586. The number of nitrogens with two attached hydrogens (primary N) is 1. The molecule has 21 heavy (non-hydrogen) atoms. The molecule has 1 aromatic rings. The molecule has 3 N–H and O–H groups in total. The van der Waals surface area contributed by atoms with Crippen LogP contribution in [0.4, 0.5) is 5.69 Å². The van der Waals surface area contributed by atoms with Crippen LogP contribution in [-0.4, -0.2) is 33.6 Å². The monoisotopic (exact) mass is 311 g/mol. The van der Waals surface area contributed by atoms with Crippen molar-refractivity contribution in [1.29, 1.82) is 0 Å². The zero-order chi connectivity index (χ0) is 15.6. The molecule has 0 aliphatic carbocycles. The number of sulfonamides is 1. The van der Waals surface area contributed by atoms with Crippen LogP contribution in [0.1, 0.15) is 27.2 Å². The Hall–Kier alpha value is -1.11. The van der Waals surface area contributed by atoms with Gasteiger partial charge in [0.25, 0.3) is 0 Å². The summed E-state index contributed by atoms with van der Waals surface area (Å²) in [6.45, 7) is 7.33. The van der Waals surface area contributed by atoms with Crippen LogP contribution >= 0.6 is 0 Å². The molecule has 0 aromatic heterocycles. The van der Waals surface area contributed by atoms with Gasteiger partial charge in [-0.1, -0.05) is 19.1 Å². The standard InChI is InChI=1S/C15H25N3O2S/c1-11(2)17-21(19,20)15-7-5-4-6-14(15)18-9-8-13(16)12(3)10-18/h4-7,11-13,17H,8-10,16H2,1-3H3. The lowest BCUT2D eigenvalue weighted by atomic mass is 9.94. The molecule has 2 unspecified atom stereocenters. The highest BCUT2D eigenvalue weighted by atomic mass is 32.2. The van der Waals surface area contributed by atoms with E-state index in [-0.39, 0.29) is 12.1 Å². The minimum atomic E-state index is -3.49. The second kappa shape index (κ2) is 6.34. The van der Waals surface area contributed by atoms with Crippen LogP contribution in [0.15, 0.2) is 29.2 Å². The summed E-state index contributed by atoms with van der Waals surface area (Å²) in [4.78, 5) is 2.48. The lowest BCUT2D eigenvalue weighted by Gasteiger charge is -2.37. The van der Waals surface area contributed by atoms with Crippen molar-refractivity contribution in [2.75, 3.05) is 18.0 Å². The highest BCUT2D eigenvalue weighted by molar-refractivity contribution is 7.89.